The molecule has 1 unspecified atom stereocenters. The van der Waals surface area contributed by atoms with Gasteiger partial charge in [-0.05, 0) is 6.42 Å². The fourth-order valence-corrected chi connectivity index (χ4v) is 4.06. The largest absolute Gasteiger partial charge is 0.350 e. The summed E-state index contributed by atoms with van der Waals surface area (Å²) in [6.45, 7) is 0.911. The molecule has 9 heteroatoms. The van der Waals surface area contributed by atoms with Gasteiger partial charge in [-0.25, -0.2) is 22.3 Å². The Balaban J connectivity index is 1.63. The lowest BCUT2D eigenvalue weighted by Crippen LogP contribution is -2.34. The minimum Gasteiger partial charge on any atom is -0.311 e. The molecule has 0 saturated carbocycles. The molecule has 1 fully saturated rings. The van der Waals surface area contributed by atoms with Crippen LogP contribution in [0.25, 0.3) is 5.65 Å². The zero-order chi connectivity index (χ0) is 14.2. The van der Waals surface area contributed by atoms with E-state index in [1.165, 1.54) is 21.5 Å². The third-order valence-electron chi connectivity index (χ3n) is 3.38. The molecular weight excluding hydrogens is 282 g/mol. The number of hydrogen-bond acceptors (Lipinski definition) is 6. The first-order chi connectivity index (χ1) is 9.55. The highest BCUT2D eigenvalue weighted by Crippen LogP contribution is 2.10. The number of rotatable bonds is 4. The van der Waals surface area contributed by atoms with Crippen LogP contribution in [0.3, 0.4) is 0 Å². The average Bonchev–Trinajstić information content (AvgIpc) is 2.91. The molecule has 1 aliphatic rings. The van der Waals surface area contributed by atoms with Gasteiger partial charge in [0.05, 0.1) is 24.2 Å². The van der Waals surface area contributed by atoms with Crippen molar-refractivity contribution in [3.63, 3.8) is 0 Å². The third kappa shape index (κ3) is 2.59. The lowest BCUT2D eigenvalue weighted by atomic mass is 10.3. The molecule has 2 aromatic rings. The van der Waals surface area contributed by atoms with Crippen LogP contribution < -0.4 is 11.0 Å². The van der Waals surface area contributed by atoms with Crippen molar-refractivity contribution in [1.29, 1.82) is 0 Å². The Kier molecular flexibility index (Phi) is 3.30. The Morgan fingerprint density at radius 2 is 2.30 bits per heavy atom. The van der Waals surface area contributed by atoms with E-state index in [1.54, 1.807) is 6.20 Å². The smallest absolute Gasteiger partial charge is 0.311 e. The van der Waals surface area contributed by atoms with Gasteiger partial charge in [0, 0.05) is 25.0 Å². The normalized spacial score (nSPS) is 21.5. The molecule has 1 N–H and O–H groups in total. The molecule has 0 aliphatic carbocycles. The lowest BCUT2D eigenvalue weighted by Gasteiger charge is -2.09. The average molecular weight is 297 g/mol. The van der Waals surface area contributed by atoms with Gasteiger partial charge in [0.15, 0.2) is 15.5 Å². The number of nitrogens with zero attached hydrogens (tertiary/aromatic N) is 4. The summed E-state index contributed by atoms with van der Waals surface area (Å²) in [6.07, 6.45) is 5.25. The van der Waals surface area contributed by atoms with E-state index < -0.39 is 9.84 Å². The highest BCUT2D eigenvalue weighted by Gasteiger charge is 2.27. The Hall–Kier alpha value is -1.74. The quantitative estimate of drug-likeness (QED) is 0.750. The molecule has 20 heavy (non-hydrogen) atoms. The van der Waals surface area contributed by atoms with Crippen LogP contribution in [0, 0.1) is 0 Å². The maximum absolute atomic E-state index is 12.0. The Morgan fingerprint density at radius 3 is 3.00 bits per heavy atom. The van der Waals surface area contributed by atoms with E-state index in [0.29, 0.717) is 25.2 Å². The van der Waals surface area contributed by atoms with Crippen LogP contribution in [-0.2, 0) is 16.4 Å². The van der Waals surface area contributed by atoms with E-state index in [1.807, 2.05) is 0 Å². The van der Waals surface area contributed by atoms with E-state index >= 15 is 0 Å². The minimum atomic E-state index is -2.88. The molecule has 0 aromatic carbocycles. The predicted molar refractivity (Wildman–Crippen MR) is 72.3 cm³/mol. The van der Waals surface area contributed by atoms with Crippen molar-refractivity contribution in [2.45, 2.75) is 19.0 Å². The Bertz CT molecular complexity index is 779. The van der Waals surface area contributed by atoms with Gasteiger partial charge in [-0.15, -0.1) is 5.10 Å². The number of hydrogen-bond donors (Lipinski definition) is 1. The molecule has 0 bridgehead atoms. The van der Waals surface area contributed by atoms with Crippen LogP contribution in [0.4, 0.5) is 0 Å². The second kappa shape index (κ2) is 4.98. The first-order valence-electron chi connectivity index (χ1n) is 6.38. The molecule has 0 radical (unpaired) electrons. The first kappa shape index (κ1) is 13.3. The summed E-state index contributed by atoms with van der Waals surface area (Å²) in [4.78, 5) is 15.9. The van der Waals surface area contributed by atoms with Crippen LogP contribution in [-0.4, -0.2) is 51.7 Å². The van der Waals surface area contributed by atoms with Gasteiger partial charge in [0.2, 0.25) is 0 Å². The van der Waals surface area contributed by atoms with Crippen LogP contribution in [0.2, 0.25) is 0 Å². The molecule has 108 valence electrons. The maximum atomic E-state index is 12.0. The number of sulfone groups is 1. The third-order valence-corrected chi connectivity index (χ3v) is 5.15. The van der Waals surface area contributed by atoms with Gasteiger partial charge < -0.3 is 5.32 Å². The van der Waals surface area contributed by atoms with E-state index in [9.17, 15) is 13.2 Å². The van der Waals surface area contributed by atoms with Crippen molar-refractivity contribution >= 4 is 15.5 Å². The molecule has 0 amide bonds. The van der Waals surface area contributed by atoms with E-state index in [0.717, 1.165) is 0 Å². The highest BCUT2D eigenvalue weighted by molar-refractivity contribution is 7.91. The first-order valence-corrected chi connectivity index (χ1v) is 8.20. The summed E-state index contributed by atoms with van der Waals surface area (Å²) in [5, 5.41) is 7.30. The molecule has 3 heterocycles. The summed E-state index contributed by atoms with van der Waals surface area (Å²) < 4.78 is 25.4. The molecule has 8 nitrogen and oxygen atoms in total. The molecule has 0 spiro atoms. The van der Waals surface area contributed by atoms with E-state index in [-0.39, 0.29) is 23.2 Å². The topological polar surface area (TPSA) is 98.4 Å². The SMILES string of the molecule is O=c1n(CCNC2CCS(=O)(=O)C2)nc2cnccn12. The van der Waals surface area contributed by atoms with Crippen LogP contribution in [0.15, 0.2) is 23.4 Å². The second-order valence-electron chi connectivity index (χ2n) is 4.86. The number of nitrogens with one attached hydrogen (secondary N) is 1. The van der Waals surface area contributed by atoms with Gasteiger partial charge in [0.25, 0.3) is 0 Å². The zero-order valence-electron chi connectivity index (χ0n) is 10.8. The molecular formula is C11H15N5O3S. The Morgan fingerprint density at radius 1 is 1.45 bits per heavy atom. The fourth-order valence-electron chi connectivity index (χ4n) is 2.36. The maximum Gasteiger partial charge on any atom is 0.350 e. The molecule has 1 aliphatic heterocycles. The van der Waals surface area contributed by atoms with Crippen molar-refractivity contribution in [2.75, 3.05) is 18.1 Å². The fraction of sp³-hybridized carbons (Fsp3) is 0.545. The van der Waals surface area contributed by atoms with Crippen molar-refractivity contribution < 1.29 is 8.42 Å². The van der Waals surface area contributed by atoms with Gasteiger partial charge in [0.1, 0.15) is 0 Å². The van der Waals surface area contributed by atoms with Crippen molar-refractivity contribution in [1.82, 2.24) is 24.5 Å². The lowest BCUT2D eigenvalue weighted by molar-refractivity contribution is 0.492. The van der Waals surface area contributed by atoms with Crippen LogP contribution >= 0.6 is 0 Å². The molecule has 1 atom stereocenters. The Labute approximate surface area is 115 Å². The van der Waals surface area contributed by atoms with Crippen LogP contribution in [0.5, 0.6) is 0 Å². The standard InChI is InChI=1S/C11H15N5O3S/c17-11-15-4-2-12-7-10(15)14-16(11)5-3-13-9-1-6-20(18,19)8-9/h2,4,7,9,13H,1,3,5-6,8H2. The summed E-state index contributed by atoms with van der Waals surface area (Å²) >= 11 is 0. The number of aromatic nitrogens is 4. The van der Waals surface area contributed by atoms with Gasteiger partial charge >= 0.3 is 5.69 Å². The molecule has 1 saturated heterocycles. The molecule has 3 rings (SSSR count). The molecule has 2 aromatic heterocycles. The predicted octanol–water partition coefficient (Wildman–Crippen LogP) is -1.33. The van der Waals surface area contributed by atoms with Crippen LogP contribution in [0.1, 0.15) is 6.42 Å². The summed E-state index contributed by atoms with van der Waals surface area (Å²) in [6, 6.07) is -0.0191. The van der Waals surface area contributed by atoms with Gasteiger partial charge in [-0.1, -0.05) is 0 Å². The van der Waals surface area contributed by atoms with E-state index in [2.05, 4.69) is 15.4 Å². The van der Waals surface area contributed by atoms with Gasteiger partial charge in [-0.3, -0.25) is 4.98 Å². The summed E-state index contributed by atoms with van der Waals surface area (Å²) in [7, 11) is -2.88. The van der Waals surface area contributed by atoms with Crippen molar-refractivity contribution in [3.8, 4) is 0 Å². The van der Waals surface area contributed by atoms with Crippen molar-refractivity contribution in [2.24, 2.45) is 0 Å². The zero-order valence-corrected chi connectivity index (χ0v) is 11.6. The van der Waals surface area contributed by atoms with Gasteiger partial charge in [-0.2, -0.15) is 0 Å². The summed E-state index contributed by atoms with van der Waals surface area (Å²) in [5.41, 5.74) is 0.282. The monoisotopic (exact) mass is 297 g/mol. The van der Waals surface area contributed by atoms with Crippen molar-refractivity contribution in [3.05, 3.63) is 29.1 Å². The second-order valence-corrected chi connectivity index (χ2v) is 7.09. The highest BCUT2D eigenvalue weighted by atomic mass is 32.2. The number of fused-ring (bicyclic) bond motifs is 1. The summed E-state index contributed by atoms with van der Waals surface area (Å²) in [5.74, 6) is 0.418. The van der Waals surface area contributed by atoms with E-state index in [4.69, 9.17) is 0 Å². The minimum absolute atomic E-state index is 0.0191.